The molecule has 0 unspecified atom stereocenters. The molecule has 2 aromatic carbocycles. The van der Waals surface area contributed by atoms with E-state index in [2.05, 4.69) is 58.9 Å². The molecule has 0 bridgehead atoms. The number of aryl methyl sites for hydroxylation is 1. The van der Waals surface area contributed by atoms with Gasteiger partial charge in [0, 0.05) is 6.04 Å². The van der Waals surface area contributed by atoms with E-state index >= 15 is 0 Å². The Balaban J connectivity index is 1.84. The normalized spacial score (nSPS) is 14.8. The third-order valence-electron chi connectivity index (χ3n) is 4.27. The molecule has 0 spiro atoms. The Morgan fingerprint density at radius 3 is 2.50 bits per heavy atom. The van der Waals surface area contributed by atoms with Crippen LogP contribution in [-0.2, 0) is 12.8 Å². The number of rotatable bonds is 1. The summed E-state index contributed by atoms with van der Waals surface area (Å²) in [6.45, 7) is 2.11. The number of hydrogen-bond acceptors (Lipinski definition) is 2. The smallest absolute Gasteiger partial charge is 0.201 e. The van der Waals surface area contributed by atoms with Crippen molar-refractivity contribution in [3.8, 4) is 0 Å². The Bertz CT molecular complexity index is 776. The van der Waals surface area contributed by atoms with Crippen LogP contribution in [0.2, 0.25) is 0 Å². The second-order valence-electron chi connectivity index (χ2n) is 5.66. The zero-order valence-corrected chi connectivity index (χ0v) is 11.5. The molecule has 1 aromatic heterocycles. The number of nitrogen functional groups attached to an aromatic ring is 1. The van der Waals surface area contributed by atoms with Crippen LogP contribution in [-0.4, -0.2) is 9.55 Å². The molecule has 1 aliphatic rings. The molecule has 0 saturated carbocycles. The maximum Gasteiger partial charge on any atom is 0.201 e. The first-order valence-electron chi connectivity index (χ1n) is 7.03. The van der Waals surface area contributed by atoms with Crippen molar-refractivity contribution in [3.05, 3.63) is 59.2 Å². The van der Waals surface area contributed by atoms with Gasteiger partial charge in [0.2, 0.25) is 5.95 Å². The molecule has 0 atom stereocenters. The highest BCUT2D eigenvalue weighted by Crippen LogP contribution is 2.34. The highest BCUT2D eigenvalue weighted by atomic mass is 15.2. The summed E-state index contributed by atoms with van der Waals surface area (Å²) >= 11 is 0. The lowest BCUT2D eigenvalue weighted by Gasteiger charge is -2.14. The first-order valence-corrected chi connectivity index (χ1v) is 7.03. The zero-order chi connectivity index (χ0) is 13.7. The monoisotopic (exact) mass is 263 g/mol. The Morgan fingerprint density at radius 1 is 1.10 bits per heavy atom. The maximum absolute atomic E-state index is 6.17. The van der Waals surface area contributed by atoms with E-state index in [1.54, 1.807) is 0 Å². The van der Waals surface area contributed by atoms with Crippen LogP contribution in [0, 0.1) is 6.92 Å². The van der Waals surface area contributed by atoms with Gasteiger partial charge in [0.25, 0.3) is 0 Å². The minimum Gasteiger partial charge on any atom is -0.369 e. The predicted octanol–water partition coefficient (Wildman–Crippen LogP) is 3.27. The van der Waals surface area contributed by atoms with E-state index in [0.717, 1.165) is 23.9 Å². The van der Waals surface area contributed by atoms with Crippen molar-refractivity contribution in [3.63, 3.8) is 0 Å². The Labute approximate surface area is 118 Å². The lowest BCUT2D eigenvalue weighted by Crippen LogP contribution is -2.12. The van der Waals surface area contributed by atoms with E-state index in [1.807, 2.05) is 0 Å². The first kappa shape index (κ1) is 11.5. The molecule has 2 N–H and O–H groups in total. The number of aromatic nitrogens is 2. The molecule has 4 rings (SSSR count). The Hall–Kier alpha value is -2.29. The molecule has 0 fully saturated rings. The van der Waals surface area contributed by atoms with Gasteiger partial charge in [-0.15, -0.1) is 0 Å². The van der Waals surface area contributed by atoms with Crippen molar-refractivity contribution in [1.82, 2.24) is 9.55 Å². The van der Waals surface area contributed by atoms with E-state index in [-0.39, 0.29) is 0 Å². The number of nitrogens with two attached hydrogens (primary N) is 1. The molecule has 3 aromatic rings. The second kappa shape index (κ2) is 4.10. The molecule has 0 saturated heterocycles. The predicted molar refractivity (Wildman–Crippen MR) is 81.8 cm³/mol. The summed E-state index contributed by atoms with van der Waals surface area (Å²) in [5.74, 6) is 0.628. The van der Waals surface area contributed by atoms with Gasteiger partial charge < -0.3 is 10.3 Å². The highest BCUT2D eigenvalue weighted by molar-refractivity contribution is 5.79. The van der Waals surface area contributed by atoms with Gasteiger partial charge in [-0.25, -0.2) is 4.98 Å². The van der Waals surface area contributed by atoms with Crippen molar-refractivity contribution in [1.29, 1.82) is 0 Å². The molecule has 3 heteroatoms. The fraction of sp³-hybridized carbons (Fsp3) is 0.235. The van der Waals surface area contributed by atoms with Gasteiger partial charge in [-0.1, -0.05) is 30.3 Å². The molecule has 1 aliphatic carbocycles. The number of imidazole rings is 1. The van der Waals surface area contributed by atoms with E-state index in [9.17, 15) is 0 Å². The maximum atomic E-state index is 6.17. The fourth-order valence-electron chi connectivity index (χ4n) is 3.32. The van der Waals surface area contributed by atoms with Crippen LogP contribution in [0.4, 0.5) is 5.95 Å². The van der Waals surface area contributed by atoms with Crippen molar-refractivity contribution in [2.45, 2.75) is 25.8 Å². The lowest BCUT2D eigenvalue weighted by atomic mass is 10.1. The van der Waals surface area contributed by atoms with Gasteiger partial charge in [-0.2, -0.15) is 0 Å². The summed E-state index contributed by atoms with van der Waals surface area (Å²) in [4.78, 5) is 4.50. The highest BCUT2D eigenvalue weighted by Gasteiger charge is 2.25. The van der Waals surface area contributed by atoms with E-state index in [1.165, 1.54) is 16.7 Å². The van der Waals surface area contributed by atoms with Crippen molar-refractivity contribution >= 4 is 17.0 Å². The third kappa shape index (κ3) is 1.63. The largest absolute Gasteiger partial charge is 0.369 e. The third-order valence-corrected chi connectivity index (χ3v) is 4.27. The quantitative estimate of drug-likeness (QED) is 0.732. The molecule has 3 nitrogen and oxygen atoms in total. The molecule has 0 amide bonds. The summed E-state index contributed by atoms with van der Waals surface area (Å²) in [5, 5.41) is 0. The van der Waals surface area contributed by atoms with Crippen LogP contribution < -0.4 is 5.73 Å². The second-order valence-corrected chi connectivity index (χ2v) is 5.66. The van der Waals surface area contributed by atoms with E-state index < -0.39 is 0 Å². The average molecular weight is 263 g/mol. The van der Waals surface area contributed by atoms with Crippen molar-refractivity contribution in [2.75, 3.05) is 5.73 Å². The minimum absolute atomic E-state index is 0.388. The molecule has 1 heterocycles. The number of anilines is 1. The molecular formula is C17H17N3. The zero-order valence-electron chi connectivity index (χ0n) is 11.5. The minimum atomic E-state index is 0.388. The van der Waals surface area contributed by atoms with Gasteiger partial charge in [-0.3, -0.25) is 0 Å². The molecule has 0 aliphatic heterocycles. The van der Waals surface area contributed by atoms with Gasteiger partial charge >= 0.3 is 0 Å². The van der Waals surface area contributed by atoms with Gasteiger partial charge in [0.1, 0.15) is 0 Å². The van der Waals surface area contributed by atoms with Gasteiger partial charge in [-0.05, 0) is 48.6 Å². The number of nitrogens with zero attached hydrogens (tertiary/aromatic N) is 2. The average Bonchev–Trinajstić information content (AvgIpc) is 2.97. The number of hydrogen-bond donors (Lipinski definition) is 1. The number of fused-ring (bicyclic) bond motifs is 2. The van der Waals surface area contributed by atoms with E-state index in [0.29, 0.717) is 12.0 Å². The topological polar surface area (TPSA) is 43.8 Å². The van der Waals surface area contributed by atoms with E-state index in [4.69, 9.17) is 5.73 Å². The van der Waals surface area contributed by atoms with Gasteiger partial charge in [0.15, 0.2) is 0 Å². The van der Waals surface area contributed by atoms with Crippen LogP contribution in [0.1, 0.15) is 22.7 Å². The Morgan fingerprint density at radius 2 is 1.80 bits per heavy atom. The van der Waals surface area contributed by atoms with Crippen LogP contribution in [0.5, 0.6) is 0 Å². The number of benzene rings is 2. The Kier molecular flexibility index (Phi) is 2.36. The van der Waals surface area contributed by atoms with Gasteiger partial charge in [0.05, 0.1) is 11.0 Å². The summed E-state index contributed by atoms with van der Waals surface area (Å²) < 4.78 is 2.21. The fourth-order valence-corrected chi connectivity index (χ4v) is 3.32. The van der Waals surface area contributed by atoms with Crippen molar-refractivity contribution < 1.29 is 0 Å². The SMILES string of the molecule is Cc1ccc2nc(N)n(C3Cc4ccccc4C3)c2c1. The summed E-state index contributed by atoms with van der Waals surface area (Å²) in [6, 6.07) is 15.4. The molecule has 20 heavy (non-hydrogen) atoms. The summed E-state index contributed by atoms with van der Waals surface area (Å²) in [5.41, 5.74) is 12.4. The molecule has 100 valence electrons. The summed E-state index contributed by atoms with van der Waals surface area (Å²) in [6.07, 6.45) is 2.08. The van der Waals surface area contributed by atoms with Crippen molar-refractivity contribution in [2.24, 2.45) is 0 Å². The lowest BCUT2D eigenvalue weighted by molar-refractivity contribution is 0.550. The van der Waals surface area contributed by atoms with Crippen LogP contribution in [0.3, 0.4) is 0 Å². The molecule has 0 radical (unpaired) electrons. The van der Waals surface area contributed by atoms with Crippen LogP contribution in [0.25, 0.3) is 11.0 Å². The summed E-state index contributed by atoms with van der Waals surface area (Å²) in [7, 11) is 0. The molecular weight excluding hydrogens is 246 g/mol. The standard InChI is InChI=1S/C17H17N3/c1-11-6-7-15-16(8-11)20(17(18)19-15)14-9-12-4-2-3-5-13(12)10-14/h2-8,14H,9-10H2,1H3,(H2,18,19). The van der Waals surface area contributed by atoms with Crippen LogP contribution in [0.15, 0.2) is 42.5 Å². The van der Waals surface area contributed by atoms with Crippen LogP contribution >= 0.6 is 0 Å². The first-order chi connectivity index (χ1) is 9.72.